The van der Waals surface area contributed by atoms with Crippen LogP contribution in [0.2, 0.25) is 0 Å². The molecular formula is C18H19NO4S. The highest BCUT2D eigenvalue weighted by molar-refractivity contribution is 7.92. The molecule has 126 valence electrons. The molecule has 3 atom stereocenters. The molecule has 0 bridgehead atoms. The van der Waals surface area contributed by atoms with Crippen LogP contribution in [0.5, 0.6) is 0 Å². The van der Waals surface area contributed by atoms with Crippen molar-refractivity contribution in [2.75, 3.05) is 0 Å². The largest absolute Gasteiger partial charge is 0.480 e. The Kier molecular flexibility index (Phi) is 3.77. The highest BCUT2D eigenvalue weighted by Gasteiger charge is 2.74. The first-order valence-electron chi connectivity index (χ1n) is 7.58. The fourth-order valence-corrected chi connectivity index (χ4v) is 5.40. The van der Waals surface area contributed by atoms with Gasteiger partial charge < -0.3 is 10.8 Å². The van der Waals surface area contributed by atoms with E-state index in [0.29, 0.717) is 5.56 Å². The van der Waals surface area contributed by atoms with E-state index in [1.165, 1.54) is 12.1 Å². The van der Waals surface area contributed by atoms with Crippen molar-refractivity contribution in [1.82, 2.24) is 0 Å². The number of carboxylic acid groups (broad SMARTS) is 1. The van der Waals surface area contributed by atoms with Crippen LogP contribution in [0.15, 0.2) is 53.4 Å². The monoisotopic (exact) mass is 345 g/mol. The number of carboxylic acids is 1. The average Bonchev–Trinajstić information content (AvgIpc) is 3.17. The van der Waals surface area contributed by atoms with Gasteiger partial charge in [0.2, 0.25) is 0 Å². The lowest BCUT2D eigenvalue weighted by atomic mass is 10.1. The molecule has 0 spiro atoms. The Hall–Kier alpha value is -2.18. The quantitative estimate of drug-likeness (QED) is 0.883. The minimum atomic E-state index is -3.85. The van der Waals surface area contributed by atoms with Crippen LogP contribution in [0.1, 0.15) is 22.6 Å². The summed E-state index contributed by atoms with van der Waals surface area (Å²) in [5.41, 5.74) is 6.78. The normalized spacial score (nSPS) is 26.1. The molecule has 24 heavy (non-hydrogen) atoms. The Bertz CT molecular complexity index is 888. The Labute approximate surface area is 141 Å². The third-order valence-corrected chi connectivity index (χ3v) is 6.93. The average molecular weight is 345 g/mol. The first kappa shape index (κ1) is 16.7. The van der Waals surface area contributed by atoms with Crippen LogP contribution < -0.4 is 5.73 Å². The Morgan fingerprint density at radius 3 is 1.92 bits per heavy atom. The van der Waals surface area contributed by atoms with Gasteiger partial charge in [0.15, 0.2) is 9.84 Å². The van der Waals surface area contributed by atoms with E-state index in [-0.39, 0.29) is 4.90 Å². The fraction of sp³-hybridized carbons (Fsp3) is 0.278. The lowest BCUT2D eigenvalue weighted by molar-refractivity contribution is -0.139. The van der Waals surface area contributed by atoms with Crippen LogP contribution in [-0.2, 0) is 14.6 Å². The van der Waals surface area contributed by atoms with Crippen molar-refractivity contribution in [2.45, 2.75) is 35.4 Å². The van der Waals surface area contributed by atoms with E-state index < -0.39 is 32.5 Å². The van der Waals surface area contributed by atoms with Crippen molar-refractivity contribution >= 4 is 15.8 Å². The third kappa shape index (κ3) is 2.42. The van der Waals surface area contributed by atoms with Gasteiger partial charge in [-0.15, -0.1) is 0 Å². The van der Waals surface area contributed by atoms with Crippen molar-refractivity contribution in [2.24, 2.45) is 5.73 Å². The molecule has 3 rings (SSSR count). The van der Waals surface area contributed by atoms with Crippen LogP contribution in [-0.4, -0.2) is 30.3 Å². The molecule has 5 nitrogen and oxygen atoms in total. The molecule has 0 unspecified atom stereocenters. The van der Waals surface area contributed by atoms with Gasteiger partial charge in [0.1, 0.15) is 10.8 Å². The van der Waals surface area contributed by atoms with Crippen molar-refractivity contribution < 1.29 is 18.3 Å². The van der Waals surface area contributed by atoms with E-state index in [4.69, 9.17) is 5.73 Å². The number of rotatable bonds is 4. The summed E-state index contributed by atoms with van der Waals surface area (Å²) in [6.45, 7) is 3.76. The van der Waals surface area contributed by atoms with Gasteiger partial charge in [0, 0.05) is 5.92 Å². The first-order chi connectivity index (χ1) is 11.2. The summed E-state index contributed by atoms with van der Waals surface area (Å²) in [5, 5.41) is 8.36. The second-order valence-electron chi connectivity index (χ2n) is 6.41. The van der Waals surface area contributed by atoms with Crippen LogP contribution in [0.4, 0.5) is 0 Å². The van der Waals surface area contributed by atoms with Gasteiger partial charge in [-0.05, 0) is 31.5 Å². The second-order valence-corrected chi connectivity index (χ2v) is 8.47. The molecule has 0 heterocycles. The molecule has 2 aromatic rings. The van der Waals surface area contributed by atoms with Gasteiger partial charge in [-0.1, -0.05) is 47.5 Å². The predicted molar refractivity (Wildman–Crippen MR) is 90.6 cm³/mol. The third-order valence-electron chi connectivity index (χ3n) is 4.67. The molecule has 0 saturated heterocycles. The number of nitrogens with two attached hydrogens (primary N) is 1. The van der Waals surface area contributed by atoms with Gasteiger partial charge in [0.25, 0.3) is 0 Å². The number of sulfone groups is 1. The zero-order valence-electron chi connectivity index (χ0n) is 13.4. The minimum Gasteiger partial charge on any atom is -0.480 e. The van der Waals surface area contributed by atoms with Crippen molar-refractivity contribution in [1.29, 1.82) is 0 Å². The fourth-order valence-electron chi connectivity index (χ4n) is 3.16. The molecule has 0 radical (unpaired) electrons. The zero-order valence-corrected chi connectivity index (χ0v) is 14.2. The van der Waals surface area contributed by atoms with E-state index in [2.05, 4.69) is 0 Å². The summed E-state index contributed by atoms with van der Waals surface area (Å²) in [5.74, 6) is -2.06. The highest BCUT2D eigenvalue weighted by atomic mass is 32.2. The molecular weight excluding hydrogens is 326 g/mol. The van der Waals surface area contributed by atoms with Crippen molar-refractivity contribution in [3.63, 3.8) is 0 Å². The topological polar surface area (TPSA) is 97.5 Å². The molecule has 6 heteroatoms. The highest BCUT2D eigenvalue weighted by Crippen LogP contribution is 2.55. The molecule has 1 saturated carbocycles. The van der Waals surface area contributed by atoms with Crippen LogP contribution in [0.3, 0.4) is 0 Å². The number of hydrogen-bond acceptors (Lipinski definition) is 4. The van der Waals surface area contributed by atoms with E-state index in [1.807, 2.05) is 26.0 Å². The summed E-state index contributed by atoms with van der Waals surface area (Å²) in [4.78, 5) is 11.8. The summed E-state index contributed by atoms with van der Waals surface area (Å²) in [7, 11) is -3.85. The van der Waals surface area contributed by atoms with Crippen molar-refractivity contribution in [3.05, 3.63) is 65.2 Å². The van der Waals surface area contributed by atoms with Crippen LogP contribution in [0.25, 0.3) is 0 Å². The van der Waals surface area contributed by atoms with Gasteiger partial charge in [-0.25, -0.2) is 8.42 Å². The number of aliphatic carboxylic acids is 1. The maximum atomic E-state index is 12.9. The lowest BCUT2D eigenvalue weighted by Crippen LogP contribution is -2.39. The predicted octanol–water partition coefficient (Wildman–Crippen LogP) is 2.03. The van der Waals surface area contributed by atoms with Crippen LogP contribution in [0, 0.1) is 13.8 Å². The summed E-state index contributed by atoms with van der Waals surface area (Å²) < 4.78 is 25.9. The van der Waals surface area contributed by atoms with E-state index in [9.17, 15) is 18.3 Å². The Morgan fingerprint density at radius 1 is 1.00 bits per heavy atom. The summed E-state index contributed by atoms with van der Waals surface area (Å²) >= 11 is 0. The van der Waals surface area contributed by atoms with Gasteiger partial charge in [0.05, 0.1) is 4.90 Å². The number of aryl methyl sites for hydroxylation is 2. The molecule has 0 aromatic heterocycles. The molecule has 3 N–H and O–H groups in total. The minimum absolute atomic E-state index is 0.101. The molecule has 2 aromatic carbocycles. The smallest absolute Gasteiger partial charge is 0.325 e. The molecule has 1 aliphatic rings. The second kappa shape index (κ2) is 5.43. The lowest BCUT2D eigenvalue weighted by Gasteiger charge is -2.07. The van der Waals surface area contributed by atoms with Gasteiger partial charge in [-0.2, -0.15) is 0 Å². The molecule has 1 fully saturated rings. The first-order valence-corrected chi connectivity index (χ1v) is 9.13. The van der Waals surface area contributed by atoms with E-state index in [0.717, 1.165) is 11.1 Å². The van der Waals surface area contributed by atoms with Gasteiger partial charge in [-0.3, -0.25) is 4.79 Å². The Balaban J connectivity index is 2.06. The van der Waals surface area contributed by atoms with Crippen molar-refractivity contribution in [3.8, 4) is 0 Å². The van der Waals surface area contributed by atoms with Gasteiger partial charge >= 0.3 is 5.97 Å². The molecule has 0 amide bonds. The van der Waals surface area contributed by atoms with Crippen LogP contribution >= 0.6 is 0 Å². The SMILES string of the molecule is Cc1ccc([C@@H]2[C@@H](S(=O)(=O)c3ccc(C)cc3)[C@@]2(N)C(=O)O)cc1. The summed E-state index contributed by atoms with van der Waals surface area (Å²) in [6, 6.07) is 13.5. The molecule has 0 aliphatic heterocycles. The number of carbonyl (C=O) groups is 1. The Morgan fingerprint density at radius 2 is 1.46 bits per heavy atom. The number of benzene rings is 2. The van der Waals surface area contributed by atoms with E-state index in [1.54, 1.807) is 24.3 Å². The zero-order chi connectivity index (χ0) is 17.7. The maximum Gasteiger partial charge on any atom is 0.325 e. The van der Waals surface area contributed by atoms with E-state index >= 15 is 0 Å². The summed E-state index contributed by atoms with van der Waals surface area (Å²) in [6.07, 6.45) is 0. The molecule has 1 aliphatic carbocycles. The standard InChI is InChI=1S/C18H19NO4S/c1-11-3-7-13(8-4-11)15-16(18(15,19)17(20)21)24(22,23)14-9-5-12(2)6-10-14/h3-10,15-16H,19H2,1-2H3,(H,20,21)/t15-,16-,18-/m1/s1. The number of hydrogen-bond donors (Lipinski definition) is 2. The maximum absolute atomic E-state index is 12.9.